The number of anilines is 1. The fourth-order valence-electron chi connectivity index (χ4n) is 4.03. The monoisotopic (exact) mass is 390 g/mol. The van der Waals surface area contributed by atoms with Gasteiger partial charge in [-0.2, -0.15) is 10.1 Å². The average molecular weight is 390 g/mol. The van der Waals surface area contributed by atoms with Crippen molar-refractivity contribution in [2.45, 2.75) is 44.7 Å². The summed E-state index contributed by atoms with van der Waals surface area (Å²) in [6, 6.07) is 4.19. The summed E-state index contributed by atoms with van der Waals surface area (Å²) in [6.07, 6.45) is 9.46. The highest BCUT2D eigenvalue weighted by atomic mass is 16.1. The molecule has 0 spiro atoms. The zero-order chi connectivity index (χ0) is 20.0. The predicted molar refractivity (Wildman–Crippen MR) is 109 cm³/mol. The number of nitrogens with zero attached hydrogens (tertiary/aromatic N) is 5. The van der Waals surface area contributed by atoms with E-state index in [0.29, 0.717) is 12.4 Å². The first-order valence-corrected chi connectivity index (χ1v) is 9.74. The minimum Gasteiger partial charge on any atom is -0.351 e. The zero-order valence-corrected chi connectivity index (χ0v) is 16.3. The van der Waals surface area contributed by atoms with Crippen LogP contribution in [0.3, 0.4) is 0 Å². The first-order chi connectivity index (χ1) is 14.0. The van der Waals surface area contributed by atoms with Crippen LogP contribution < -0.4 is 10.6 Å². The third-order valence-corrected chi connectivity index (χ3v) is 5.51. The van der Waals surface area contributed by atoms with E-state index in [0.717, 1.165) is 40.6 Å². The van der Waals surface area contributed by atoms with E-state index in [4.69, 9.17) is 0 Å². The van der Waals surface area contributed by atoms with Gasteiger partial charge in [0.2, 0.25) is 11.9 Å². The first kappa shape index (κ1) is 17.6. The number of pyridine rings is 1. The average Bonchev–Trinajstić information content (AvgIpc) is 3.32. The number of carbonyl (C=O) groups is 1. The van der Waals surface area contributed by atoms with Gasteiger partial charge in [0.05, 0.1) is 0 Å². The number of amides is 1. The molecule has 0 bridgehead atoms. The van der Waals surface area contributed by atoms with Crippen molar-refractivity contribution in [3.05, 3.63) is 37.1 Å². The Balaban J connectivity index is 1.33. The molecule has 3 N–H and O–H groups in total. The summed E-state index contributed by atoms with van der Waals surface area (Å²) < 4.78 is 1.75. The van der Waals surface area contributed by atoms with Gasteiger partial charge in [0.1, 0.15) is 12.0 Å². The van der Waals surface area contributed by atoms with Gasteiger partial charge in [0, 0.05) is 53.1 Å². The molecule has 1 amide bonds. The van der Waals surface area contributed by atoms with Gasteiger partial charge in [-0.05, 0) is 31.9 Å². The van der Waals surface area contributed by atoms with Gasteiger partial charge in [-0.3, -0.25) is 4.79 Å². The highest BCUT2D eigenvalue weighted by Gasteiger charge is 2.41. The molecule has 0 atom stereocenters. The molecule has 148 valence electrons. The van der Waals surface area contributed by atoms with Crippen molar-refractivity contribution in [2.75, 3.05) is 5.32 Å². The molecule has 29 heavy (non-hydrogen) atoms. The van der Waals surface area contributed by atoms with E-state index in [9.17, 15) is 4.79 Å². The summed E-state index contributed by atoms with van der Waals surface area (Å²) in [5.41, 5.74) is 3.47. The molecule has 4 heterocycles. The topological polar surface area (TPSA) is 113 Å². The Labute approximate surface area is 167 Å². The van der Waals surface area contributed by atoms with E-state index in [-0.39, 0.29) is 17.5 Å². The summed E-state index contributed by atoms with van der Waals surface area (Å²) in [4.78, 5) is 28.2. The van der Waals surface area contributed by atoms with Crippen LogP contribution in [0.25, 0.3) is 27.8 Å². The molecular weight excluding hydrogens is 368 g/mol. The lowest BCUT2D eigenvalue weighted by molar-refractivity contribution is -0.123. The fourth-order valence-corrected chi connectivity index (χ4v) is 4.03. The smallest absolute Gasteiger partial charge is 0.224 e. The maximum Gasteiger partial charge on any atom is 0.224 e. The Kier molecular flexibility index (Phi) is 3.97. The molecule has 1 fully saturated rings. The summed E-state index contributed by atoms with van der Waals surface area (Å²) in [6.45, 7) is 3.94. The molecule has 1 aliphatic rings. The number of rotatable bonds is 5. The largest absolute Gasteiger partial charge is 0.351 e. The number of hydrogen-bond donors (Lipinski definition) is 3. The van der Waals surface area contributed by atoms with Gasteiger partial charge in [-0.1, -0.05) is 6.92 Å². The van der Waals surface area contributed by atoms with Crippen molar-refractivity contribution in [2.24, 2.45) is 0 Å². The second-order valence-electron chi connectivity index (χ2n) is 7.85. The second-order valence-corrected chi connectivity index (χ2v) is 7.85. The van der Waals surface area contributed by atoms with Gasteiger partial charge >= 0.3 is 0 Å². The van der Waals surface area contributed by atoms with E-state index < -0.39 is 0 Å². The molecule has 1 saturated carbocycles. The predicted octanol–water partition coefficient (Wildman–Crippen LogP) is 2.53. The Morgan fingerprint density at radius 1 is 1.34 bits per heavy atom. The van der Waals surface area contributed by atoms with Crippen molar-refractivity contribution in [3.63, 3.8) is 0 Å². The van der Waals surface area contributed by atoms with Crippen LogP contribution in [-0.2, 0) is 4.79 Å². The van der Waals surface area contributed by atoms with Crippen LogP contribution in [-0.4, -0.2) is 47.0 Å². The molecule has 1 aliphatic carbocycles. The van der Waals surface area contributed by atoms with Crippen LogP contribution in [0.5, 0.6) is 0 Å². The number of carbonyl (C=O) groups excluding carboxylic acids is 1. The van der Waals surface area contributed by atoms with Gasteiger partial charge in [-0.15, -0.1) is 0 Å². The molecule has 4 aromatic rings. The van der Waals surface area contributed by atoms with E-state index in [1.807, 2.05) is 37.6 Å². The van der Waals surface area contributed by atoms with Gasteiger partial charge < -0.3 is 15.6 Å². The summed E-state index contributed by atoms with van der Waals surface area (Å²) in [7, 11) is 0. The van der Waals surface area contributed by atoms with E-state index in [1.54, 1.807) is 4.52 Å². The Morgan fingerprint density at radius 2 is 2.21 bits per heavy atom. The Hall–Kier alpha value is -3.49. The van der Waals surface area contributed by atoms with Crippen molar-refractivity contribution in [3.8, 4) is 11.1 Å². The Bertz CT molecular complexity index is 1200. The molecule has 9 heteroatoms. The maximum atomic E-state index is 11.6. The van der Waals surface area contributed by atoms with Gasteiger partial charge in [0.15, 0.2) is 5.65 Å². The highest BCUT2D eigenvalue weighted by Crippen LogP contribution is 2.34. The van der Waals surface area contributed by atoms with Crippen LogP contribution in [0.1, 0.15) is 33.1 Å². The molecular formula is C20H22N8O. The summed E-state index contributed by atoms with van der Waals surface area (Å²) in [5, 5.41) is 11.6. The second kappa shape index (κ2) is 6.54. The minimum atomic E-state index is -0.144. The quantitative estimate of drug-likeness (QED) is 0.483. The number of fused-ring (bicyclic) bond motifs is 2. The molecule has 9 nitrogen and oxygen atoms in total. The first-order valence-electron chi connectivity index (χ1n) is 9.74. The van der Waals surface area contributed by atoms with Crippen molar-refractivity contribution in [1.82, 2.24) is 34.9 Å². The minimum absolute atomic E-state index is 0.0895. The maximum absolute atomic E-state index is 11.6. The van der Waals surface area contributed by atoms with Crippen molar-refractivity contribution in [1.29, 1.82) is 0 Å². The number of nitrogens with one attached hydrogen (secondary N) is 3. The third kappa shape index (κ3) is 3.18. The fraction of sp³-hybridized carbons (Fsp3) is 0.350. The molecule has 0 radical (unpaired) electrons. The van der Waals surface area contributed by atoms with Crippen molar-refractivity contribution < 1.29 is 4.79 Å². The zero-order valence-electron chi connectivity index (χ0n) is 16.3. The normalized spacial score (nSPS) is 21.2. The molecule has 0 aliphatic heterocycles. The van der Waals surface area contributed by atoms with Crippen molar-refractivity contribution >= 4 is 28.5 Å². The molecule has 0 aromatic carbocycles. The number of H-pyrrole nitrogens is 1. The third-order valence-electron chi connectivity index (χ3n) is 5.51. The van der Waals surface area contributed by atoms with Crippen LogP contribution in [0, 0.1) is 0 Å². The lowest BCUT2D eigenvalue weighted by Gasteiger charge is -2.45. The summed E-state index contributed by atoms with van der Waals surface area (Å²) in [5.74, 6) is 0.679. The number of aromatic amines is 1. The summed E-state index contributed by atoms with van der Waals surface area (Å²) >= 11 is 0. The van der Waals surface area contributed by atoms with Crippen LogP contribution >= 0.6 is 0 Å². The Morgan fingerprint density at radius 3 is 3.03 bits per heavy atom. The number of aromatic nitrogens is 6. The highest BCUT2D eigenvalue weighted by molar-refractivity contribution is 5.93. The van der Waals surface area contributed by atoms with Gasteiger partial charge in [0.25, 0.3) is 0 Å². The lowest BCUT2D eigenvalue weighted by atomic mass is 9.74. The van der Waals surface area contributed by atoms with Crippen LogP contribution in [0.15, 0.2) is 37.1 Å². The molecule has 4 aromatic heterocycles. The lowest BCUT2D eigenvalue weighted by Crippen LogP contribution is -2.59. The van der Waals surface area contributed by atoms with E-state index in [2.05, 4.69) is 42.6 Å². The van der Waals surface area contributed by atoms with Gasteiger partial charge in [-0.25, -0.2) is 14.5 Å². The standard InChI is InChI=1S/C20H22N8O/c1-3-17(29)27-20(2)6-13(7-20)25-19-22-9-15-14(8-21-18(15)26-19)12-4-5-16-23-11-24-28(16)10-12/h4-5,8-11,13H,3,6-7H2,1-2H3,(H,27,29)(H2,21,22,25,26). The SMILES string of the molecule is CCC(=O)NC1(C)CC(Nc2ncc3c(-c4ccc5ncnn5c4)c[nH]c3n2)C1. The van der Waals surface area contributed by atoms with E-state index in [1.165, 1.54) is 6.33 Å². The number of hydrogen-bond acceptors (Lipinski definition) is 6. The van der Waals surface area contributed by atoms with E-state index >= 15 is 0 Å². The molecule has 0 saturated heterocycles. The molecule has 5 rings (SSSR count). The molecule has 0 unspecified atom stereocenters. The van der Waals surface area contributed by atoms with Crippen LogP contribution in [0.4, 0.5) is 5.95 Å². The van der Waals surface area contributed by atoms with Crippen LogP contribution in [0.2, 0.25) is 0 Å².